The van der Waals surface area contributed by atoms with Gasteiger partial charge in [0.2, 0.25) is 0 Å². The number of nitrogens with zero attached hydrogens (tertiary/aromatic N) is 3. The van der Waals surface area contributed by atoms with Gasteiger partial charge >= 0.3 is 5.97 Å². The zero-order valence-corrected chi connectivity index (χ0v) is 17.9. The molecule has 0 saturated heterocycles. The third kappa shape index (κ3) is 2.67. The first-order valence-electron chi connectivity index (χ1n) is 10.3. The van der Waals surface area contributed by atoms with Gasteiger partial charge in [-0.2, -0.15) is 0 Å². The number of pyridine rings is 2. The summed E-state index contributed by atoms with van der Waals surface area (Å²) in [6.45, 7) is 3.53. The van der Waals surface area contributed by atoms with Gasteiger partial charge in [-0.3, -0.25) is 4.79 Å². The maximum atomic E-state index is 13.3. The molecule has 0 radical (unpaired) electrons. The summed E-state index contributed by atoms with van der Waals surface area (Å²) >= 11 is 0. The van der Waals surface area contributed by atoms with E-state index in [9.17, 15) is 14.7 Å². The molecule has 3 N–H and O–H groups in total. The van der Waals surface area contributed by atoms with Crippen LogP contribution in [0, 0.1) is 0 Å². The SMILES string of the molecule is CC[C@@]1(O)C(=O)OCc2c1cc1n(c2=O)Cc2cc3c(OC)c(N=C(C)N)ccc3nc2-1. The quantitative estimate of drug-likeness (QED) is 0.287. The number of hydrogen-bond donors (Lipinski definition) is 2. The van der Waals surface area contributed by atoms with Crippen LogP contribution in [0.2, 0.25) is 0 Å². The summed E-state index contributed by atoms with van der Waals surface area (Å²) in [6, 6.07) is 7.22. The summed E-state index contributed by atoms with van der Waals surface area (Å²) in [5.41, 5.74) is 7.46. The number of nitrogens with two attached hydrogens (primary N) is 1. The average molecular weight is 434 g/mol. The molecule has 1 aromatic carbocycles. The van der Waals surface area contributed by atoms with Crippen LogP contribution in [0.1, 0.15) is 37.0 Å². The molecule has 1 atom stereocenters. The summed E-state index contributed by atoms with van der Waals surface area (Å²) < 4.78 is 12.3. The predicted octanol–water partition coefficient (Wildman–Crippen LogP) is 2.10. The molecule has 0 unspecified atom stereocenters. The molecule has 164 valence electrons. The van der Waals surface area contributed by atoms with E-state index in [1.54, 1.807) is 37.7 Å². The average Bonchev–Trinajstić information content (AvgIpc) is 3.13. The van der Waals surface area contributed by atoms with Crippen molar-refractivity contribution in [3.63, 3.8) is 0 Å². The molecule has 0 bridgehead atoms. The highest BCUT2D eigenvalue weighted by atomic mass is 16.6. The lowest BCUT2D eigenvalue weighted by Gasteiger charge is -2.31. The third-order valence-electron chi connectivity index (χ3n) is 6.12. The summed E-state index contributed by atoms with van der Waals surface area (Å²) in [7, 11) is 1.56. The summed E-state index contributed by atoms with van der Waals surface area (Å²) in [5.74, 6) is 0.209. The number of cyclic esters (lactones) is 1. The van der Waals surface area contributed by atoms with Crippen molar-refractivity contribution in [2.24, 2.45) is 10.7 Å². The van der Waals surface area contributed by atoms with E-state index in [-0.39, 0.29) is 18.6 Å². The van der Waals surface area contributed by atoms with Crippen LogP contribution in [-0.4, -0.2) is 33.6 Å². The van der Waals surface area contributed by atoms with Crippen molar-refractivity contribution < 1.29 is 19.4 Å². The highest BCUT2D eigenvalue weighted by Gasteiger charge is 2.45. The van der Waals surface area contributed by atoms with Gasteiger partial charge in [-0.15, -0.1) is 0 Å². The molecular formula is C23H22N4O5. The molecule has 5 rings (SSSR count). The van der Waals surface area contributed by atoms with E-state index in [0.717, 1.165) is 10.9 Å². The normalized spacial score (nSPS) is 19.4. The van der Waals surface area contributed by atoms with Gasteiger partial charge in [0.1, 0.15) is 12.3 Å². The van der Waals surface area contributed by atoms with Crippen LogP contribution in [-0.2, 0) is 28.3 Å². The number of carbonyl (C=O) groups is 1. The fourth-order valence-electron chi connectivity index (χ4n) is 4.51. The molecule has 3 aromatic rings. The van der Waals surface area contributed by atoms with Crippen molar-refractivity contribution in [2.45, 2.75) is 39.0 Å². The molecule has 0 fully saturated rings. The molecule has 0 saturated carbocycles. The minimum Gasteiger partial charge on any atom is -0.494 e. The minimum absolute atomic E-state index is 0.0980. The van der Waals surface area contributed by atoms with E-state index in [0.29, 0.717) is 51.8 Å². The Kier molecular flexibility index (Phi) is 4.35. The maximum Gasteiger partial charge on any atom is 0.343 e. The van der Waals surface area contributed by atoms with Gasteiger partial charge in [0.25, 0.3) is 5.56 Å². The Labute approximate surface area is 183 Å². The van der Waals surface area contributed by atoms with Crippen LogP contribution in [0.5, 0.6) is 5.75 Å². The van der Waals surface area contributed by atoms with E-state index in [1.807, 2.05) is 12.1 Å². The number of aliphatic hydroxyl groups is 1. The van der Waals surface area contributed by atoms with Crippen molar-refractivity contribution in [2.75, 3.05) is 7.11 Å². The van der Waals surface area contributed by atoms with Crippen LogP contribution < -0.4 is 16.0 Å². The van der Waals surface area contributed by atoms with E-state index >= 15 is 0 Å². The van der Waals surface area contributed by atoms with Gasteiger partial charge in [-0.1, -0.05) is 6.92 Å². The fraction of sp³-hybridized carbons (Fsp3) is 0.304. The number of aliphatic imine (C=N–C) groups is 1. The van der Waals surface area contributed by atoms with Gasteiger partial charge in [0.15, 0.2) is 11.4 Å². The number of amidine groups is 1. The second kappa shape index (κ2) is 6.89. The summed E-state index contributed by atoms with van der Waals surface area (Å²) in [6.07, 6.45) is 0.0980. The molecule has 4 heterocycles. The largest absolute Gasteiger partial charge is 0.494 e. The number of hydrogen-bond acceptors (Lipinski definition) is 7. The van der Waals surface area contributed by atoms with Crippen LogP contribution >= 0.6 is 0 Å². The van der Waals surface area contributed by atoms with Crippen LogP contribution in [0.4, 0.5) is 5.69 Å². The second-order valence-electron chi connectivity index (χ2n) is 8.04. The summed E-state index contributed by atoms with van der Waals surface area (Å²) in [5, 5.41) is 11.7. The van der Waals surface area contributed by atoms with Crippen molar-refractivity contribution >= 4 is 28.4 Å². The summed E-state index contributed by atoms with van der Waals surface area (Å²) in [4.78, 5) is 34.7. The zero-order chi connectivity index (χ0) is 22.8. The van der Waals surface area contributed by atoms with Crippen molar-refractivity contribution in [3.05, 3.63) is 51.3 Å². The molecule has 9 nitrogen and oxygen atoms in total. The lowest BCUT2D eigenvalue weighted by molar-refractivity contribution is -0.172. The minimum atomic E-state index is -1.85. The molecule has 32 heavy (non-hydrogen) atoms. The third-order valence-corrected chi connectivity index (χ3v) is 6.12. The first-order chi connectivity index (χ1) is 15.3. The maximum absolute atomic E-state index is 13.3. The van der Waals surface area contributed by atoms with Gasteiger partial charge in [-0.05, 0) is 37.6 Å². The zero-order valence-electron chi connectivity index (χ0n) is 17.9. The van der Waals surface area contributed by atoms with Crippen LogP contribution in [0.25, 0.3) is 22.3 Å². The number of rotatable bonds is 3. The number of methoxy groups -OCH3 is 1. The monoisotopic (exact) mass is 434 g/mol. The Morgan fingerprint density at radius 1 is 1.38 bits per heavy atom. The molecule has 2 aliphatic heterocycles. The number of benzene rings is 1. The van der Waals surface area contributed by atoms with E-state index in [2.05, 4.69) is 4.99 Å². The van der Waals surface area contributed by atoms with Crippen molar-refractivity contribution in [1.29, 1.82) is 0 Å². The number of fused-ring (bicyclic) bond motifs is 5. The first kappa shape index (κ1) is 20.2. The highest BCUT2D eigenvalue weighted by molar-refractivity contribution is 5.95. The second-order valence-corrected chi connectivity index (χ2v) is 8.04. The van der Waals surface area contributed by atoms with Crippen molar-refractivity contribution in [1.82, 2.24) is 9.55 Å². The fourth-order valence-corrected chi connectivity index (χ4v) is 4.51. The molecular weight excluding hydrogens is 412 g/mol. The predicted molar refractivity (Wildman–Crippen MR) is 118 cm³/mol. The first-order valence-corrected chi connectivity index (χ1v) is 10.3. The Hall–Kier alpha value is -3.72. The van der Waals surface area contributed by atoms with Gasteiger partial charge in [0.05, 0.1) is 42.0 Å². The van der Waals surface area contributed by atoms with Crippen LogP contribution in [0.3, 0.4) is 0 Å². The van der Waals surface area contributed by atoms with E-state index in [1.165, 1.54) is 0 Å². The number of aromatic nitrogens is 2. The number of carbonyl (C=O) groups excluding carboxylic acids is 1. The van der Waals surface area contributed by atoms with E-state index < -0.39 is 11.6 Å². The van der Waals surface area contributed by atoms with Gasteiger partial charge < -0.3 is 24.9 Å². The Bertz CT molecular complexity index is 1400. The molecule has 2 aliphatic rings. The smallest absolute Gasteiger partial charge is 0.343 e. The topological polar surface area (TPSA) is 129 Å². The number of esters is 1. The van der Waals surface area contributed by atoms with E-state index in [4.69, 9.17) is 20.2 Å². The molecule has 0 amide bonds. The van der Waals surface area contributed by atoms with Gasteiger partial charge in [-0.25, -0.2) is 14.8 Å². The Morgan fingerprint density at radius 3 is 2.84 bits per heavy atom. The molecule has 0 spiro atoms. The lowest BCUT2D eigenvalue weighted by Crippen LogP contribution is -2.44. The Morgan fingerprint density at radius 2 is 2.16 bits per heavy atom. The Balaban J connectivity index is 1.75. The standard InChI is InChI=1S/C23H22N4O5/c1-4-23(30)15-8-18-19-12(9-27(18)21(28)14(15)10-32-22(23)29)7-13-16(26-19)5-6-17(20(13)31-3)25-11(2)24/h5-8,30H,4,9-10H2,1-3H3,(H2,24,25)/t23-/m0/s1. The molecule has 9 heteroatoms. The molecule has 0 aliphatic carbocycles. The number of ether oxygens (including phenoxy) is 2. The van der Waals surface area contributed by atoms with Crippen molar-refractivity contribution in [3.8, 4) is 17.1 Å². The van der Waals surface area contributed by atoms with Crippen LogP contribution in [0.15, 0.2) is 34.1 Å². The van der Waals surface area contributed by atoms with Gasteiger partial charge in [0, 0.05) is 16.5 Å². The lowest BCUT2D eigenvalue weighted by atomic mass is 9.86. The molecule has 2 aromatic heterocycles. The highest BCUT2D eigenvalue weighted by Crippen LogP contribution is 2.41.